The van der Waals surface area contributed by atoms with Crippen molar-refractivity contribution >= 4 is 0 Å². The summed E-state index contributed by atoms with van der Waals surface area (Å²) in [5, 5.41) is 13.0. The first-order chi connectivity index (χ1) is 11.2. The molecule has 23 heavy (non-hydrogen) atoms. The lowest BCUT2D eigenvalue weighted by Crippen LogP contribution is -2.24. The summed E-state index contributed by atoms with van der Waals surface area (Å²) in [6, 6.07) is 6.68. The molecule has 1 aromatic heterocycles. The number of hydrogen-bond donors (Lipinski definition) is 0. The number of hydrogen-bond acceptors (Lipinski definition) is 5. The highest BCUT2D eigenvalue weighted by Gasteiger charge is 2.34. The fraction of sp³-hybridized carbons (Fsp3) is 0.471. The van der Waals surface area contributed by atoms with E-state index in [4.69, 9.17) is 9.78 Å². The number of halogens is 1. The van der Waals surface area contributed by atoms with Crippen molar-refractivity contribution in [3.8, 4) is 6.07 Å². The van der Waals surface area contributed by atoms with Crippen molar-refractivity contribution in [1.82, 2.24) is 15.0 Å². The van der Waals surface area contributed by atoms with Crippen LogP contribution in [0.5, 0.6) is 0 Å². The molecule has 1 aromatic carbocycles. The summed E-state index contributed by atoms with van der Waals surface area (Å²) in [5.41, 5.74) is 0.943. The molecule has 0 amide bonds. The van der Waals surface area contributed by atoms with Crippen LogP contribution in [0.1, 0.15) is 60.5 Å². The summed E-state index contributed by atoms with van der Waals surface area (Å²) < 4.78 is 19.5. The molecule has 1 saturated carbocycles. The average molecular weight is 312 g/mol. The molecular formula is C17H17FN4O. The lowest BCUT2D eigenvalue weighted by Gasteiger charge is -2.22. The van der Waals surface area contributed by atoms with Crippen LogP contribution in [0.4, 0.5) is 4.39 Å². The van der Waals surface area contributed by atoms with Gasteiger partial charge in [0.25, 0.3) is 0 Å². The lowest BCUT2D eigenvalue weighted by atomic mass is 10.1. The predicted molar refractivity (Wildman–Crippen MR) is 79.8 cm³/mol. The average Bonchev–Trinajstić information content (AvgIpc) is 3.11. The Morgan fingerprint density at radius 2 is 2.22 bits per heavy atom. The van der Waals surface area contributed by atoms with E-state index in [0.29, 0.717) is 23.6 Å². The van der Waals surface area contributed by atoms with E-state index in [1.54, 1.807) is 12.1 Å². The van der Waals surface area contributed by atoms with Gasteiger partial charge in [-0.2, -0.15) is 10.2 Å². The number of nitriles is 1. The molecular weight excluding hydrogens is 295 g/mol. The van der Waals surface area contributed by atoms with Gasteiger partial charge in [-0.15, -0.1) is 0 Å². The van der Waals surface area contributed by atoms with Gasteiger partial charge in [0.05, 0.1) is 17.7 Å². The third kappa shape index (κ3) is 2.84. The molecule has 1 aliphatic carbocycles. The van der Waals surface area contributed by atoms with E-state index in [2.05, 4.69) is 15.0 Å². The molecule has 2 aliphatic rings. The van der Waals surface area contributed by atoms with Gasteiger partial charge in [0.1, 0.15) is 5.82 Å². The van der Waals surface area contributed by atoms with Crippen LogP contribution in [0.25, 0.3) is 0 Å². The van der Waals surface area contributed by atoms with Gasteiger partial charge in [0.15, 0.2) is 5.82 Å². The third-order valence-corrected chi connectivity index (χ3v) is 4.60. The Kier molecular flexibility index (Phi) is 3.58. The summed E-state index contributed by atoms with van der Waals surface area (Å²) in [5.74, 6) is 1.58. The summed E-state index contributed by atoms with van der Waals surface area (Å²) in [7, 11) is 0. The van der Waals surface area contributed by atoms with Crippen molar-refractivity contribution < 1.29 is 8.91 Å². The zero-order chi connectivity index (χ0) is 15.8. The first kappa shape index (κ1) is 14.3. The Bertz CT molecular complexity index is 762. The van der Waals surface area contributed by atoms with Crippen LogP contribution in [-0.4, -0.2) is 21.6 Å². The van der Waals surface area contributed by atoms with Crippen molar-refractivity contribution in [1.29, 1.82) is 5.26 Å². The van der Waals surface area contributed by atoms with E-state index >= 15 is 0 Å². The highest BCUT2D eigenvalue weighted by molar-refractivity contribution is 5.33. The lowest BCUT2D eigenvalue weighted by molar-refractivity contribution is 0.231. The second-order valence-corrected chi connectivity index (χ2v) is 6.31. The van der Waals surface area contributed by atoms with Gasteiger partial charge >= 0.3 is 0 Å². The quantitative estimate of drug-likeness (QED) is 0.866. The van der Waals surface area contributed by atoms with Crippen LogP contribution in [0.3, 0.4) is 0 Å². The largest absolute Gasteiger partial charge is 0.339 e. The molecule has 0 spiro atoms. The molecule has 5 nitrogen and oxygen atoms in total. The van der Waals surface area contributed by atoms with E-state index in [0.717, 1.165) is 43.9 Å². The first-order valence-corrected chi connectivity index (χ1v) is 8.00. The van der Waals surface area contributed by atoms with Crippen LogP contribution < -0.4 is 0 Å². The van der Waals surface area contributed by atoms with Gasteiger partial charge in [-0.3, -0.25) is 4.90 Å². The van der Waals surface area contributed by atoms with E-state index in [9.17, 15) is 4.39 Å². The molecule has 1 aliphatic heterocycles. The van der Waals surface area contributed by atoms with E-state index in [1.807, 2.05) is 6.07 Å². The van der Waals surface area contributed by atoms with Gasteiger partial charge < -0.3 is 4.52 Å². The van der Waals surface area contributed by atoms with Crippen molar-refractivity contribution in [3.05, 3.63) is 46.9 Å². The number of rotatable bonds is 4. The second-order valence-electron chi connectivity index (χ2n) is 6.31. The van der Waals surface area contributed by atoms with E-state index in [1.165, 1.54) is 6.07 Å². The van der Waals surface area contributed by atoms with E-state index < -0.39 is 0 Å². The minimum atomic E-state index is -0.332. The van der Waals surface area contributed by atoms with Crippen molar-refractivity contribution in [3.63, 3.8) is 0 Å². The molecule has 1 saturated heterocycles. The zero-order valence-electron chi connectivity index (χ0n) is 12.7. The molecule has 2 heterocycles. The van der Waals surface area contributed by atoms with E-state index in [-0.39, 0.29) is 11.9 Å². The van der Waals surface area contributed by atoms with Crippen LogP contribution in [-0.2, 0) is 6.54 Å². The van der Waals surface area contributed by atoms with Crippen molar-refractivity contribution in [2.24, 2.45) is 0 Å². The Morgan fingerprint density at radius 3 is 2.96 bits per heavy atom. The normalized spacial score (nSPS) is 21.5. The maximum atomic E-state index is 14.1. The standard InChI is InChI=1S/C17H17FN4O/c18-14-8-11(9-19)3-4-13(14)10-22-7-1-2-15(22)16-20-17(23-21-16)12-5-6-12/h3-4,8,12,15H,1-2,5-7,10H2/t15-/m1/s1. The summed E-state index contributed by atoms with van der Waals surface area (Å²) in [4.78, 5) is 6.73. The molecule has 1 atom stereocenters. The predicted octanol–water partition coefficient (Wildman–Crippen LogP) is 3.29. The van der Waals surface area contributed by atoms with Crippen LogP contribution in [0.2, 0.25) is 0 Å². The minimum absolute atomic E-state index is 0.0845. The zero-order valence-corrected chi connectivity index (χ0v) is 12.7. The highest BCUT2D eigenvalue weighted by atomic mass is 19.1. The Morgan fingerprint density at radius 1 is 1.35 bits per heavy atom. The Hall–Kier alpha value is -2.26. The van der Waals surface area contributed by atoms with Gasteiger partial charge in [0, 0.05) is 18.0 Å². The molecule has 6 heteroatoms. The molecule has 0 bridgehead atoms. The van der Waals surface area contributed by atoms with Gasteiger partial charge in [0.2, 0.25) is 5.89 Å². The molecule has 4 rings (SSSR count). The second kappa shape index (κ2) is 5.74. The molecule has 2 aromatic rings. The summed E-state index contributed by atoms with van der Waals surface area (Å²) >= 11 is 0. The maximum Gasteiger partial charge on any atom is 0.229 e. The smallest absolute Gasteiger partial charge is 0.229 e. The SMILES string of the molecule is N#Cc1ccc(CN2CCC[C@@H]2c2noc(C3CC3)n2)c(F)c1. The van der Waals surface area contributed by atoms with Crippen molar-refractivity contribution in [2.45, 2.75) is 44.2 Å². The first-order valence-electron chi connectivity index (χ1n) is 8.00. The third-order valence-electron chi connectivity index (χ3n) is 4.60. The van der Waals surface area contributed by atoms with Crippen molar-refractivity contribution in [2.75, 3.05) is 6.54 Å². The number of nitrogens with zero attached hydrogens (tertiary/aromatic N) is 4. The maximum absolute atomic E-state index is 14.1. The van der Waals surface area contributed by atoms with Gasteiger partial charge in [-0.1, -0.05) is 11.2 Å². The Labute approximate surface area is 133 Å². The van der Waals surface area contributed by atoms with Crippen LogP contribution in [0.15, 0.2) is 22.7 Å². The molecule has 2 fully saturated rings. The van der Waals surface area contributed by atoms with Gasteiger partial charge in [-0.05, 0) is 44.4 Å². The molecule has 118 valence electrons. The molecule has 0 radical (unpaired) electrons. The fourth-order valence-electron chi connectivity index (χ4n) is 3.15. The summed E-state index contributed by atoms with van der Waals surface area (Å²) in [6.07, 6.45) is 4.26. The fourth-order valence-corrected chi connectivity index (χ4v) is 3.15. The van der Waals surface area contributed by atoms with Gasteiger partial charge in [-0.25, -0.2) is 4.39 Å². The van der Waals surface area contributed by atoms with Crippen LogP contribution >= 0.6 is 0 Å². The number of benzene rings is 1. The number of aromatic nitrogens is 2. The topological polar surface area (TPSA) is 66.0 Å². The number of likely N-dealkylation sites (tertiary alicyclic amines) is 1. The van der Waals surface area contributed by atoms with Crippen LogP contribution in [0, 0.1) is 17.1 Å². The Balaban J connectivity index is 1.52. The highest BCUT2D eigenvalue weighted by Crippen LogP contribution is 2.40. The minimum Gasteiger partial charge on any atom is -0.339 e. The molecule has 0 unspecified atom stereocenters. The monoisotopic (exact) mass is 312 g/mol. The molecule has 0 N–H and O–H groups in total. The summed E-state index contributed by atoms with van der Waals surface area (Å²) in [6.45, 7) is 1.38.